The third-order valence-electron chi connectivity index (χ3n) is 2.81. The number of rotatable bonds is 2. The van der Waals surface area contributed by atoms with Crippen molar-refractivity contribution in [1.29, 1.82) is 0 Å². The van der Waals surface area contributed by atoms with Crippen LogP contribution in [0.15, 0.2) is 0 Å². The van der Waals surface area contributed by atoms with Gasteiger partial charge in [0, 0.05) is 0 Å². The van der Waals surface area contributed by atoms with Gasteiger partial charge in [-0.15, -0.1) is 0 Å². The fourth-order valence-corrected chi connectivity index (χ4v) is 2.63. The monoisotopic (exact) mass is 210 g/mol. The lowest BCUT2D eigenvalue weighted by molar-refractivity contribution is 0.131. The molecule has 0 radical (unpaired) electrons. The molecule has 78 valence electrons. The first-order chi connectivity index (χ1) is 6.09. The molecule has 1 rings (SSSR count). The molecule has 13 heavy (non-hydrogen) atoms. The van der Waals surface area contributed by atoms with Gasteiger partial charge in [0.2, 0.25) is 0 Å². The zero-order chi connectivity index (χ0) is 9.84. The van der Waals surface area contributed by atoms with Crippen molar-refractivity contribution in [2.24, 2.45) is 11.8 Å². The van der Waals surface area contributed by atoms with E-state index in [1.807, 2.05) is 6.92 Å². The molecule has 0 N–H and O–H groups in total. The van der Waals surface area contributed by atoms with E-state index in [1.54, 1.807) is 0 Å². The Balaban J connectivity index is 2.43. The predicted molar refractivity (Wildman–Crippen MR) is 50.8 cm³/mol. The van der Waals surface area contributed by atoms with Crippen LogP contribution in [0, 0.1) is 11.8 Å². The third-order valence-corrected chi connectivity index (χ3v) is 3.24. The second kappa shape index (κ2) is 5.21. The minimum Gasteiger partial charge on any atom is -0.302 e. The molecule has 1 saturated carbocycles. The van der Waals surface area contributed by atoms with E-state index in [9.17, 15) is 8.39 Å². The minimum atomic E-state index is -3.18. The quantitative estimate of drug-likeness (QED) is 0.485. The molecule has 0 bridgehead atoms. The summed E-state index contributed by atoms with van der Waals surface area (Å²) in [6, 6.07) is 0. The lowest BCUT2D eigenvalue weighted by Gasteiger charge is -2.21. The molecular weight excluding hydrogens is 193 g/mol. The van der Waals surface area contributed by atoms with E-state index in [1.165, 1.54) is 0 Å². The summed E-state index contributed by atoms with van der Waals surface area (Å²) in [6.07, 6.45) is 3.80. The maximum absolute atomic E-state index is 12.1. The van der Waals surface area contributed by atoms with Crippen molar-refractivity contribution in [3.63, 3.8) is 0 Å². The Kier molecular flexibility index (Phi) is 4.54. The van der Waals surface area contributed by atoms with Gasteiger partial charge in [0.15, 0.2) is 0 Å². The highest BCUT2D eigenvalue weighted by atomic mass is 31.2. The highest BCUT2D eigenvalue weighted by Crippen LogP contribution is 2.45. The topological polar surface area (TPSA) is 9.23 Å². The molecule has 0 aromatic heterocycles. The molecule has 1 fully saturated rings. The highest BCUT2D eigenvalue weighted by Gasteiger charge is 2.26. The van der Waals surface area contributed by atoms with Crippen molar-refractivity contribution < 1.29 is 12.9 Å². The third kappa shape index (κ3) is 3.86. The molecule has 4 heteroatoms. The molecule has 1 nitrogen and oxygen atoms in total. The van der Waals surface area contributed by atoms with Crippen LogP contribution in [0.3, 0.4) is 0 Å². The zero-order valence-corrected chi connectivity index (χ0v) is 9.07. The van der Waals surface area contributed by atoms with Crippen LogP contribution in [0.25, 0.3) is 0 Å². The Bertz CT molecular complexity index is 155. The van der Waals surface area contributed by atoms with Crippen LogP contribution in [0.5, 0.6) is 0 Å². The van der Waals surface area contributed by atoms with Crippen molar-refractivity contribution in [3.05, 3.63) is 0 Å². The largest absolute Gasteiger partial charge is 0.415 e. The molecule has 3 atom stereocenters. The van der Waals surface area contributed by atoms with Gasteiger partial charge in [-0.3, -0.25) is 0 Å². The first-order valence-corrected chi connectivity index (χ1v) is 5.92. The van der Waals surface area contributed by atoms with Crippen LogP contribution in [-0.4, -0.2) is 6.10 Å². The lowest BCUT2D eigenvalue weighted by Crippen LogP contribution is -2.18. The summed E-state index contributed by atoms with van der Waals surface area (Å²) in [5.41, 5.74) is 0. The predicted octanol–water partition coefficient (Wildman–Crippen LogP) is 4.38. The standard InChI is InChI=1S/C9H17F2OP/c1-7-4-3-5-9(8(2)6-7)12-13(10)11/h7-9H,3-6H2,1-2H3. The molecule has 0 aliphatic heterocycles. The van der Waals surface area contributed by atoms with E-state index in [2.05, 4.69) is 11.4 Å². The average molecular weight is 210 g/mol. The highest BCUT2D eigenvalue weighted by molar-refractivity contribution is 7.40. The van der Waals surface area contributed by atoms with Crippen molar-refractivity contribution in [2.75, 3.05) is 0 Å². The lowest BCUT2D eigenvalue weighted by atomic mass is 9.95. The summed E-state index contributed by atoms with van der Waals surface area (Å²) in [6.45, 7) is 4.21. The first-order valence-electron chi connectivity index (χ1n) is 4.88. The van der Waals surface area contributed by atoms with Crippen LogP contribution < -0.4 is 0 Å². The second-order valence-corrected chi connectivity index (χ2v) is 4.71. The van der Waals surface area contributed by atoms with E-state index in [0.29, 0.717) is 5.92 Å². The Hall–Kier alpha value is 0.250. The molecule has 1 aliphatic rings. The van der Waals surface area contributed by atoms with Crippen LogP contribution in [0.1, 0.15) is 39.5 Å². The van der Waals surface area contributed by atoms with Gasteiger partial charge < -0.3 is 4.52 Å². The van der Waals surface area contributed by atoms with Crippen molar-refractivity contribution in [1.82, 2.24) is 0 Å². The zero-order valence-electron chi connectivity index (χ0n) is 8.17. The Labute approximate surface area is 79.9 Å². The maximum atomic E-state index is 12.1. The maximum Gasteiger partial charge on any atom is 0.415 e. The average Bonchev–Trinajstić information content (AvgIpc) is 2.13. The summed E-state index contributed by atoms with van der Waals surface area (Å²) < 4.78 is 28.8. The summed E-state index contributed by atoms with van der Waals surface area (Å²) in [5, 5.41) is 0. The number of hydrogen-bond donors (Lipinski definition) is 0. The van der Waals surface area contributed by atoms with Crippen molar-refractivity contribution in [2.45, 2.75) is 45.6 Å². The first kappa shape index (κ1) is 11.3. The molecule has 0 aromatic rings. The van der Waals surface area contributed by atoms with E-state index < -0.39 is 8.77 Å². The smallest absolute Gasteiger partial charge is 0.302 e. The van der Waals surface area contributed by atoms with Crippen molar-refractivity contribution in [3.8, 4) is 0 Å². The molecule has 1 aliphatic carbocycles. The van der Waals surface area contributed by atoms with Crippen LogP contribution in [0.2, 0.25) is 0 Å². The normalized spacial score (nSPS) is 36.2. The fourth-order valence-electron chi connectivity index (χ4n) is 2.12. The van der Waals surface area contributed by atoms with Crippen LogP contribution >= 0.6 is 8.77 Å². The van der Waals surface area contributed by atoms with E-state index in [0.717, 1.165) is 25.7 Å². The van der Waals surface area contributed by atoms with Gasteiger partial charge in [-0.25, -0.2) is 0 Å². The van der Waals surface area contributed by atoms with Gasteiger partial charge >= 0.3 is 8.77 Å². The van der Waals surface area contributed by atoms with E-state index in [4.69, 9.17) is 0 Å². The summed E-state index contributed by atoms with van der Waals surface area (Å²) >= 11 is 0. The van der Waals surface area contributed by atoms with Gasteiger partial charge in [-0.1, -0.05) is 26.7 Å². The Morgan fingerprint density at radius 1 is 1.23 bits per heavy atom. The van der Waals surface area contributed by atoms with Gasteiger partial charge in [-0.05, 0) is 24.7 Å². The van der Waals surface area contributed by atoms with Gasteiger partial charge in [0.05, 0.1) is 6.10 Å². The molecule has 0 amide bonds. The van der Waals surface area contributed by atoms with E-state index in [-0.39, 0.29) is 12.0 Å². The summed E-state index contributed by atoms with van der Waals surface area (Å²) in [4.78, 5) is 0. The van der Waals surface area contributed by atoms with Gasteiger partial charge in [-0.2, -0.15) is 8.39 Å². The minimum absolute atomic E-state index is 0.203. The Morgan fingerprint density at radius 2 is 1.92 bits per heavy atom. The molecule has 0 heterocycles. The molecule has 0 aromatic carbocycles. The summed E-state index contributed by atoms with van der Waals surface area (Å²) in [7, 11) is -3.18. The van der Waals surface area contributed by atoms with Crippen LogP contribution in [-0.2, 0) is 4.52 Å². The van der Waals surface area contributed by atoms with Crippen molar-refractivity contribution >= 4 is 8.77 Å². The SMILES string of the molecule is CC1CCCC(OP(F)F)C(C)C1. The molecule has 0 spiro atoms. The fraction of sp³-hybridized carbons (Fsp3) is 1.00. The number of halogens is 2. The Morgan fingerprint density at radius 3 is 2.54 bits per heavy atom. The second-order valence-electron chi connectivity index (χ2n) is 4.09. The van der Waals surface area contributed by atoms with E-state index >= 15 is 0 Å². The molecule has 3 unspecified atom stereocenters. The molecule has 0 saturated heterocycles. The van der Waals surface area contributed by atoms with Crippen LogP contribution in [0.4, 0.5) is 8.39 Å². The van der Waals surface area contributed by atoms with Gasteiger partial charge in [0.1, 0.15) is 0 Å². The van der Waals surface area contributed by atoms with Gasteiger partial charge in [0.25, 0.3) is 0 Å². The number of hydrogen-bond acceptors (Lipinski definition) is 1. The molecular formula is C9H17F2OP. The summed E-state index contributed by atoms with van der Waals surface area (Å²) in [5.74, 6) is 0.947.